The van der Waals surface area contributed by atoms with Crippen LogP contribution in [0.5, 0.6) is 0 Å². The van der Waals surface area contributed by atoms with Crippen LogP contribution in [0, 0.1) is 0 Å². The number of thioether (sulfide) groups is 1. The number of ether oxygens (including phenoxy) is 1. The lowest BCUT2D eigenvalue weighted by atomic mass is 10.3. The Labute approximate surface area is 123 Å². The summed E-state index contributed by atoms with van der Waals surface area (Å²) in [6.45, 7) is 4.56. The molecule has 1 atom stereocenters. The minimum atomic E-state index is 0.217. The Morgan fingerprint density at radius 2 is 2.26 bits per heavy atom. The summed E-state index contributed by atoms with van der Waals surface area (Å²) in [6, 6.07) is 2.12. The quantitative estimate of drug-likeness (QED) is 0.688. The number of nitrogens with zero attached hydrogens (tertiary/aromatic N) is 1. The summed E-state index contributed by atoms with van der Waals surface area (Å²) in [7, 11) is 0. The molecule has 1 aliphatic heterocycles. The van der Waals surface area contributed by atoms with Gasteiger partial charge in [0.05, 0.1) is 5.75 Å². The fourth-order valence-electron chi connectivity index (χ4n) is 2.07. The minimum absolute atomic E-state index is 0.217. The normalized spacial score (nSPS) is 19.3. The Kier molecular flexibility index (Phi) is 6.20. The summed E-state index contributed by atoms with van der Waals surface area (Å²) in [6.07, 6.45) is 3.22. The van der Waals surface area contributed by atoms with Crippen molar-refractivity contribution in [2.45, 2.75) is 31.6 Å². The van der Waals surface area contributed by atoms with Crippen LogP contribution < -0.4 is 0 Å². The highest BCUT2D eigenvalue weighted by Gasteiger charge is 2.32. The second kappa shape index (κ2) is 7.92. The number of amides is 1. The molecule has 2 rings (SSSR count). The van der Waals surface area contributed by atoms with Gasteiger partial charge in [-0.2, -0.15) is 11.3 Å². The van der Waals surface area contributed by atoms with E-state index in [2.05, 4.69) is 23.8 Å². The minimum Gasteiger partial charge on any atom is -0.381 e. The highest BCUT2D eigenvalue weighted by molar-refractivity contribution is 8.00. The van der Waals surface area contributed by atoms with Crippen molar-refractivity contribution in [1.29, 1.82) is 0 Å². The molecule has 1 aromatic rings. The van der Waals surface area contributed by atoms with E-state index in [1.54, 1.807) is 23.1 Å². The lowest BCUT2D eigenvalue weighted by Gasteiger charge is -2.23. The molecule has 1 aliphatic rings. The van der Waals surface area contributed by atoms with Crippen LogP contribution in [0.2, 0.25) is 0 Å². The molecule has 106 valence electrons. The Bertz CT molecular complexity index is 381. The topological polar surface area (TPSA) is 29.5 Å². The van der Waals surface area contributed by atoms with E-state index >= 15 is 0 Å². The lowest BCUT2D eigenvalue weighted by Crippen LogP contribution is -2.29. The zero-order valence-electron chi connectivity index (χ0n) is 11.3. The van der Waals surface area contributed by atoms with Crippen LogP contribution in [-0.4, -0.2) is 36.3 Å². The van der Waals surface area contributed by atoms with Crippen LogP contribution in [-0.2, 0) is 9.53 Å². The second-order valence-corrected chi connectivity index (χ2v) is 6.48. The van der Waals surface area contributed by atoms with Crippen molar-refractivity contribution in [3.05, 3.63) is 22.4 Å². The number of unbranched alkanes of at least 4 members (excludes halogenated alkanes) is 1. The van der Waals surface area contributed by atoms with Gasteiger partial charge in [-0.3, -0.25) is 4.79 Å². The van der Waals surface area contributed by atoms with Gasteiger partial charge in [0.15, 0.2) is 0 Å². The van der Waals surface area contributed by atoms with Crippen LogP contribution in [0.25, 0.3) is 0 Å². The average molecular weight is 299 g/mol. The van der Waals surface area contributed by atoms with Crippen molar-refractivity contribution in [2.24, 2.45) is 0 Å². The molecule has 0 aliphatic carbocycles. The number of thiophene rings is 1. The number of carbonyl (C=O) groups excluding carboxylic acids is 1. The molecule has 0 aromatic carbocycles. The first-order chi connectivity index (χ1) is 9.33. The maximum absolute atomic E-state index is 11.9. The van der Waals surface area contributed by atoms with Gasteiger partial charge in [0.1, 0.15) is 5.37 Å². The predicted octanol–water partition coefficient (Wildman–Crippen LogP) is 3.53. The molecule has 1 unspecified atom stereocenters. The Balaban J connectivity index is 1.75. The molecule has 1 aromatic heterocycles. The van der Waals surface area contributed by atoms with E-state index in [1.807, 2.05) is 4.90 Å². The maximum atomic E-state index is 11.9. The third-order valence-electron chi connectivity index (χ3n) is 3.13. The first-order valence-electron chi connectivity index (χ1n) is 6.84. The molecule has 0 bridgehead atoms. The maximum Gasteiger partial charge on any atom is 0.233 e. The van der Waals surface area contributed by atoms with Crippen LogP contribution in [0.4, 0.5) is 0 Å². The van der Waals surface area contributed by atoms with Crippen LogP contribution >= 0.6 is 23.1 Å². The SMILES string of the molecule is CCCCOCCCN1C(=O)CSC1c1ccsc1. The molecule has 1 saturated heterocycles. The zero-order chi connectivity index (χ0) is 13.5. The number of carbonyl (C=O) groups is 1. The molecule has 19 heavy (non-hydrogen) atoms. The third kappa shape index (κ3) is 4.23. The van der Waals surface area contributed by atoms with E-state index in [0.29, 0.717) is 5.75 Å². The monoisotopic (exact) mass is 299 g/mol. The molecule has 0 saturated carbocycles. The van der Waals surface area contributed by atoms with E-state index < -0.39 is 0 Å². The molecule has 1 amide bonds. The summed E-state index contributed by atoms with van der Waals surface area (Å²) >= 11 is 3.42. The first-order valence-corrected chi connectivity index (χ1v) is 8.83. The third-order valence-corrected chi connectivity index (χ3v) is 5.08. The molecular weight excluding hydrogens is 278 g/mol. The molecule has 2 heterocycles. The van der Waals surface area contributed by atoms with Gasteiger partial charge in [0, 0.05) is 19.8 Å². The first kappa shape index (κ1) is 14.9. The predicted molar refractivity (Wildman–Crippen MR) is 81.6 cm³/mol. The molecule has 5 heteroatoms. The van der Waals surface area contributed by atoms with Crippen LogP contribution in [0.15, 0.2) is 16.8 Å². The van der Waals surface area contributed by atoms with Gasteiger partial charge in [0.2, 0.25) is 5.91 Å². The van der Waals surface area contributed by atoms with Gasteiger partial charge in [-0.25, -0.2) is 0 Å². The van der Waals surface area contributed by atoms with Crippen molar-refractivity contribution in [2.75, 3.05) is 25.5 Å². The van der Waals surface area contributed by atoms with Crippen LogP contribution in [0.3, 0.4) is 0 Å². The van der Waals surface area contributed by atoms with Crippen molar-refractivity contribution < 1.29 is 9.53 Å². The summed E-state index contributed by atoms with van der Waals surface area (Å²) in [5, 5.41) is 4.43. The number of hydrogen-bond acceptors (Lipinski definition) is 4. The summed E-state index contributed by atoms with van der Waals surface area (Å²) in [5.41, 5.74) is 1.26. The van der Waals surface area contributed by atoms with Crippen molar-refractivity contribution >= 4 is 29.0 Å². The van der Waals surface area contributed by atoms with Crippen molar-refractivity contribution in [3.8, 4) is 0 Å². The number of hydrogen-bond donors (Lipinski definition) is 0. The fraction of sp³-hybridized carbons (Fsp3) is 0.643. The molecular formula is C14H21NO2S2. The van der Waals surface area contributed by atoms with E-state index in [9.17, 15) is 4.79 Å². The second-order valence-electron chi connectivity index (χ2n) is 4.63. The Morgan fingerprint density at radius 3 is 3.00 bits per heavy atom. The molecule has 0 N–H and O–H groups in total. The smallest absolute Gasteiger partial charge is 0.233 e. The van der Waals surface area contributed by atoms with Gasteiger partial charge < -0.3 is 9.64 Å². The van der Waals surface area contributed by atoms with E-state index in [4.69, 9.17) is 4.74 Å². The van der Waals surface area contributed by atoms with Crippen molar-refractivity contribution in [1.82, 2.24) is 4.90 Å². The molecule has 0 spiro atoms. The standard InChI is InChI=1S/C14H21NO2S2/c1-2-3-7-17-8-4-6-15-13(16)11-19-14(15)12-5-9-18-10-12/h5,9-10,14H,2-4,6-8,11H2,1H3. The van der Waals surface area contributed by atoms with Gasteiger partial charge in [-0.1, -0.05) is 13.3 Å². The zero-order valence-corrected chi connectivity index (χ0v) is 13.0. The summed E-state index contributed by atoms with van der Waals surface area (Å²) < 4.78 is 5.55. The summed E-state index contributed by atoms with van der Waals surface area (Å²) in [5.74, 6) is 0.867. The van der Waals surface area contributed by atoms with Gasteiger partial charge in [-0.15, -0.1) is 11.8 Å². The van der Waals surface area contributed by atoms with E-state index in [1.165, 1.54) is 12.0 Å². The van der Waals surface area contributed by atoms with E-state index in [-0.39, 0.29) is 11.3 Å². The molecule has 0 radical (unpaired) electrons. The molecule has 3 nitrogen and oxygen atoms in total. The van der Waals surface area contributed by atoms with Gasteiger partial charge in [0.25, 0.3) is 0 Å². The van der Waals surface area contributed by atoms with Gasteiger partial charge >= 0.3 is 0 Å². The Morgan fingerprint density at radius 1 is 1.42 bits per heavy atom. The highest BCUT2D eigenvalue weighted by atomic mass is 32.2. The Hall–Kier alpha value is -0.520. The van der Waals surface area contributed by atoms with E-state index in [0.717, 1.165) is 32.6 Å². The largest absolute Gasteiger partial charge is 0.381 e. The fourth-order valence-corrected chi connectivity index (χ4v) is 4.05. The lowest BCUT2D eigenvalue weighted by molar-refractivity contribution is -0.128. The highest BCUT2D eigenvalue weighted by Crippen LogP contribution is 2.39. The molecule has 1 fully saturated rings. The van der Waals surface area contributed by atoms with Gasteiger partial charge in [-0.05, 0) is 35.2 Å². The van der Waals surface area contributed by atoms with Crippen molar-refractivity contribution in [3.63, 3.8) is 0 Å². The average Bonchev–Trinajstić information content (AvgIpc) is 3.04. The van der Waals surface area contributed by atoms with Crippen LogP contribution in [0.1, 0.15) is 37.1 Å². The number of rotatable bonds is 8. The summed E-state index contributed by atoms with van der Waals surface area (Å²) in [4.78, 5) is 13.9.